The molecule has 0 radical (unpaired) electrons. The molecule has 0 aliphatic carbocycles. The molecule has 2 aromatic rings. The van der Waals surface area contributed by atoms with Gasteiger partial charge in [0, 0.05) is 25.6 Å². The fourth-order valence-corrected chi connectivity index (χ4v) is 4.03. The largest absolute Gasteiger partial charge is 0.350 e. The standard InChI is InChI=1S/C21H31N5OS/c1-3-8-19-23-24-21(28)26(19)15-20(27)22-13-17-10-4-5-11-18(17)14-25-12-7-6-9-16(25)2/h4-5,10-11,16H,3,6-9,12-15H2,1-2H3,(H,22,27)(H,24,28)/t16-/m1/s1. The van der Waals surface area contributed by atoms with Gasteiger partial charge in [0.2, 0.25) is 5.91 Å². The Balaban J connectivity index is 1.61. The summed E-state index contributed by atoms with van der Waals surface area (Å²) in [4.78, 5) is 15.1. The van der Waals surface area contributed by atoms with Gasteiger partial charge in [0.15, 0.2) is 4.77 Å². The van der Waals surface area contributed by atoms with Crippen LogP contribution in [0.3, 0.4) is 0 Å². The molecule has 2 N–H and O–H groups in total. The van der Waals surface area contributed by atoms with E-state index >= 15 is 0 Å². The summed E-state index contributed by atoms with van der Waals surface area (Å²) in [6, 6.07) is 9.02. The number of aromatic nitrogens is 3. The maximum Gasteiger partial charge on any atom is 0.240 e. The molecule has 1 saturated heterocycles. The summed E-state index contributed by atoms with van der Waals surface area (Å²) in [6.07, 6.45) is 5.63. The molecule has 3 rings (SSSR count). The van der Waals surface area contributed by atoms with Crippen LogP contribution in [0.5, 0.6) is 0 Å². The summed E-state index contributed by atoms with van der Waals surface area (Å²) < 4.78 is 2.29. The Labute approximate surface area is 172 Å². The van der Waals surface area contributed by atoms with Crippen LogP contribution in [0.25, 0.3) is 0 Å². The molecule has 1 amide bonds. The first kappa shape index (κ1) is 20.7. The predicted molar refractivity (Wildman–Crippen MR) is 113 cm³/mol. The molecule has 152 valence electrons. The lowest BCUT2D eigenvalue weighted by atomic mass is 10.0. The van der Waals surface area contributed by atoms with Crippen molar-refractivity contribution < 1.29 is 4.79 Å². The third-order valence-electron chi connectivity index (χ3n) is 5.52. The lowest BCUT2D eigenvalue weighted by Gasteiger charge is -2.33. The first-order valence-electron chi connectivity index (χ1n) is 10.3. The van der Waals surface area contributed by atoms with Crippen molar-refractivity contribution in [1.29, 1.82) is 0 Å². The maximum atomic E-state index is 12.5. The third kappa shape index (κ3) is 5.29. The minimum Gasteiger partial charge on any atom is -0.350 e. The number of hydrogen-bond donors (Lipinski definition) is 2. The Morgan fingerprint density at radius 1 is 1.32 bits per heavy atom. The van der Waals surface area contributed by atoms with Crippen LogP contribution in [-0.2, 0) is 30.8 Å². The molecule has 1 fully saturated rings. The van der Waals surface area contributed by atoms with Gasteiger partial charge in [-0.3, -0.25) is 19.4 Å². The van der Waals surface area contributed by atoms with Gasteiger partial charge in [-0.25, -0.2) is 0 Å². The lowest BCUT2D eigenvalue weighted by Crippen LogP contribution is -2.37. The monoisotopic (exact) mass is 401 g/mol. The van der Waals surface area contributed by atoms with Crippen molar-refractivity contribution in [3.05, 3.63) is 46.0 Å². The van der Waals surface area contributed by atoms with Crippen LogP contribution in [0.4, 0.5) is 0 Å². The highest BCUT2D eigenvalue weighted by molar-refractivity contribution is 7.71. The number of likely N-dealkylation sites (tertiary alicyclic amines) is 1. The molecule has 2 heterocycles. The van der Waals surface area contributed by atoms with Crippen LogP contribution >= 0.6 is 12.2 Å². The molecular formula is C21H31N5OS. The SMILES string of the molecule is CCCc1n[nH]c(=S)n1CC(=O)NCc1ccccc1CN1CCCC[C@H]1C. The second-order valence-corrected chi connectivity index (χ2v) is 8.03. The number of hydrogen-bond acceptors (Lipinski definition) is 4. The van der Waals surface area contributed by atoms with Gasteiger partial charge in [-0.15, -0.1) is 0 Å². The van der Waals surface area contributed by atoms with E-state index < -0.39 is 0 Å². The number of H-pyrrole nitrogens is 1. The van der Waals surface area contributed by atoms with E-state index in [4.69, 9.17) is 12.2 Å². The van der Waals surface area contributed by atoms with Crippen LogP contribution in [-0.4, -0.2) is 38.2 Å². The van der Waals surface area contributed by atoms with Gasteiger partial charge in [-0.2, -0.15) is 5.10 Å². The molecule has 1 aliphatic rings. The Bertz CT molecular complexity index is 843. The van der Waals surface area contributed by atoms with E-state index in [-0.39, 0.29) is 12.5 Å². The summed E-state index contributed by atoms with van der Waals surface area (Å²) in [5.41, 5.74) is 2.47. The Kier molecular flexibility index (Phi) is 7.39. The number of carbonyl (C=O) groups excluding carboxylic acids is 1. The molecule has 1 aromatic heterocycles. The highest BCUT2D eigenvalue weighted by Crippen LogP contribution is 2.20. The molecule has 1 aromatic carbocycles. The van der Waals surface area contributed by atoms with E-state index in [0.717, 1.165) is 31.8 Å². The minimum atomic E-state index is -0.0454. The molecule has 0 unspecified atom stereocenters. The summed E-state index contributed by atoms with van der Waals surface area (Å²) in [6.45, 7) is 7.23. The number of rotatable bonds is 8. The van der Waals surface area contributed by atoms with Crippen LogP contribution in [0, 0.1) is 4.77 Å². The van der Waals surface area contributed by atoms with Crippen molar-refractivity contribution in [2.45, 2.75) is 71.6 Å². The fraction of sp³-hybridized carbons (Fsp3) is 0.571. The lowest BCUT2D eigenvalue weighted by molar-refractivity contribution is -0.121. The van der Waals surface area contributed by atoms with Crippen molar-refractivity contribution in [3.63, 3.8) is 0 Å². The molecule has 0 saturated carbocycles. The normalized spacial score (nSPS) is 17.6. The molecule has 0 bridgehead atoms. The first-order valence-corrected chi connectivity index (χ1v) is 10.7. The van der Waals surface area contributed by atoms with Gasteiger partial charge in [-0.1, -0.05) is 37.6 Å². The van der Waals surface area contributed by atoms with E-state index in [9.17, 15) is 4.79 Å². The summed E-state index contributed by atoms with van der Waals surface area (Å²) in [5, 5.41) is 10.1. The topological polar surface area (TPSA) is 66.0 Å². The average molecular weight is 402 g/mol. The molecule has 7 heteroatoms. The van der Waals surface area contributed by atoms with Gasteiger partial charge in [0.05, 0.1) is 0 Å². The Morgan fingerprint density at radius 2 is 2.11 bits per heavy atom. The number of aromatic amines is 1. The van der Waals surface area contributed by atoms with E-state index in [1.54, 1.807) is 4.57 Å². The highest BCUT2D eigenvalue weighted by Gasteiger charge is 2.19. The van der Waals surface area contributed by atoms with Crippen LogP contribution in [0.15, 0.2) is 24.3 Å². The fourth-order valence-electron chi connectivity index (χ4n) is 3.82. The molecule has 0 spiro atoms. The number of nitrogens with zero attached hydrogens (tertiary/aromatic N) is 3. The summed E-state index contributed by atoms with van der Waals surface area (Å²) in [7, 11) is 0. The van der Waals surface area contributed by atoms with Crippen LogP contribution < -0.4 is 5.32 Å². The van der Waals surface area contributed by atoms with Gasteiger partial charge < -0.3 is 5.32 Å². The number of aryl methyl sites for hydroxylation is 1. The zero-order valence-corrected chi connectivity index (χ0v) is 17.7. The number of nitrogens with one attached hydrogen (secondary N) is 2. The van der Waals surface area contributed by atoms with Crippen molar-refractivity contribution in [2.24, 2.45) is 0 Å². The van der Waals surface area contributed by atoms with Crippen LogP contribution in [0.2, 0.25) is 0 Å². The second-order valence-electron chi connectivity index (χ2n) is 7.64. The van der Waals surface area contributed by atoms with E-state index in [1.165, 1.54) is 30.4 Å². The first-order chi connectivity index (χ1) is 13.6. The van der Waals surface area contributed by atoms with Crippen LogP contribution in [0.1, 0.15) is 56.5 Å². The molecule has 6 nitrogen and oxygen atoms in total. The van der Waals surface area contributed by atoms with Crippen molar-refractivity contribution in [1.82, 2.24) is 25.0 Å². The maximum absolute atomic E-state index is 12.5. The number of piperidine rings is 1. The van der Waals surface area contributed by atoms with E-state index in [2.05, 4.69) is 52.5 Å². The Morgan fingerprint density at radius 3 is 2.86 bits per heavy atom. The van der Waals surface area contributed by atoms with E-state index in [1.807, 2.05) is 6.07 Å². The van der Waals surface area contributed by atoms with Gasteiger partial charge in [0.1, 0.15) is 12.4 Å². The summed E-state index contributed by atoms with van der Waals surface area (Å²) in [5.74, 6) is 0.790. The van der Waals surface area contributed by atoms with Gasteiger partial charge in [-0.05, 0) is 56.1 Å². The number of amides is 1. The quantitative estimate of drug-likeness (QED) is 0.664. The highest BCUT2D eigenvalue weighted by atomic mass is 32.1. The zero-order valence-electron chi connectivity index (χ0n) is 16.9. The van der Waals surface area contributed by atoms with E-state index in [0.29, 0.717) is 17.4 Å². The minimum absolute atomic E-state index is 0.0454. The molecular weight excluding hydrogens is 370 g/mol. The smallest absolute Gasteiger partial charge is 0.240 e. The zero-order chi connectivity index (χ0) is 19.9. The molecule has 1 aliphatic heterocycles. The van der Waals surface area contributed by atoms with Crippen molar-refractivity contribution in [2.75, 3.05) is 6.54 Å². The second kappa shape index (κ2) is 9.98. The number of carbonyl (C=O) groups is 1. The number of benzene rings is 1. The third-order valence-corrected chi connectivity index (χ3v) is 5.83. The van der Waals surface area contributed by atoms with Gasteiger partial charge in [0.25, 0.3) is 0 Å². The average Bonchev–Trinajstić information content (AvgIpc) is 3.03. The van der Waals surface area contributed by atoms with Crippen molar-refractivity contribution in [3.8, 4) is 0 Å². The molecule has 1 atom stereocenters. The predicted octanol–water partition coefficient (Wildman–Crippen LogP) is 3.58. The summed E-state index contributed by atoms with van der Waals surface area (Å²) >= 11 is 5.27. The molecule has 28 heavy (non-hydrogen) atoms. The van der Waals surface area contributed by atoms with Gasteiger partial charge >= 0.3 is 0 Å². The van der Waals surface area contributed by atoms with Crippen molar-refractivity contribution >= 4 is 18.1 Å². The Hall–Kier alpha value is -1.99.